The molecule has 0 amide bonds. The predicted octanol–water partition coefficient (Wildman–Crippen LogP) is 1.33. The third-order valence-electron chi connectivity index (χ3n) is 2.92. The van der Waals surface area contributed by atoms with Crippen LogP contribution in [0.4, 0.5) is 0 Å². The van der Waals surface area contributed by atoms with Gasteiger partial charge in [-0.05, 0) is 0 Å². The van der Waals surface area contributed by atoms with Gasteiger partial charge in [-0.1, -0.05) is 0 Å². The third-order valence-corrected chi connectivity index (χ3v) is 5.02. The summed E-state index contributed by atoms with van der Waals surface area (Å²) in [6, 6.07) is 0. The minimum absolute atomic E-state index is 0. The van der Waals surface area contributed by atoms with Crippen LogP contribution in [-0.2, 0) is 0 Å². The van der Waals surface area contributed by atoms with Crippen molar-refractivity contribution in [3.63, 3.8) is 0 Å². The maximum atomic E-state index is 2.48. The van der Waals surface area contributed by atoms with Crippen LogP contribution >= 0.6 is 0 Å². The molecule has 15 heavy (non-hydrogen) atoms. The van der Waals surface area contributed by atoms with E-state index in [1.807, 2.05) is 0 Å². The van der Waals surface area contributed by atoms with Gasteiger partial charge in [-0.25, -0.2) is 0 Å². The van der Waals surface area contributed by atoms with Gasteiger partial charge in [0.2, 0.25) is 0 Å². The molecule has 0 N–H and O–H groups in total. The fourth-order valence-corrected chi connectivity index (χ4v) is 3.36. The van der Waals surface area contributed by atoms with Crippen molar-refractivity contribution in [2.45, 2.75) is 36.9 Å². The van der Waals surface area contributed by atoms with E-state index < -0.39 is 0 Å². The molecule has 0 bridgehead atoms. The van der Waals surface area contributed by atoms with Gasteiger partial charge in [0.05, 0.1) is 0 Å². The fraction of sp³-hybridized carbons (Fsp3) is 1.00. The summed E-state index contributed by atoms with van der Waals surface area (Å²) in [4.78, 5) is 4.59. The van der Waals surface area contributed by atoms with Crippen LogP contribution in [0, 0.1) is 0 Å². The molecule has 2 nitrogen and oxygen atoms in total. The molecule has 94 valence electrons. The second-order valence-corrected chi connectivity index (χ2v) is 11.0. The SMILES string of the molecule is CN(C)CCC[C](C)([GeH3])CCCN(C)C.[H-]. The van der Waals surface area contributed by atoms with E-state index in [1.165, 1.54) is 38.8 Å². The molecule has 0 fully saturated rings. The van der Waals surface area contributed by atoms with Crippen LogP contribution in [0.1, 0.15) is 34.0 Å². The minimum Gasteiger partial charge on any atom is -1.00 e. The molecular formula is C12H31GeN2-. The molecule has 0 saturated heterocycles. The summed E-state index contributed by atoms with van der Waals surface area (Å²) in [7, 11) is 8.67. The van der Waals surface area contributed by atoms with Gasteiger partial charge in [0.25, 0.3) is 0 Å². The summed E-state index contributed by atoms with van der Waals surface area (Å²) in [6.45, 7) is 4.98. The van der Waals surface area contributed by atoms with E-state index in [-0.39, 0.29) is 1.43 Å². The Kier molecular flexibility index (Phi) is 7.93. The molecule has 3 heteroatoms. The van der Waals surface area contributed by atoms with Crippen LogP contribution in [0.15, 0.2) is 0 Å². The normalized spacial score (nSPS) is 13.0. The molecule has 0 aromatic heterocycles. The maximum Gasteiger partial charge on any atom is -1.00 e. The second kappa shape index (κ2) is 7.69. The summed E-state index contributed by atoms with van der Waals surface area (Å²) in [6.07, 6.45) is 5.59. The van der Waals surface area contributed by atoms with Crippen molar-refractivity contribution in [3.05, 3.63) is 0 Å². The Labute approximate surface area is 106 Å². The van der Waals surface area contributed by atoms with Crippen LogP contribution in [0.25, 0.3) is 0 Å². The van der Waals surface area contributed by atoms with Crippen molar-refractivity contribution < 1.29 is 1.43 Å². The van der Waals surface area contributed by atoms with E-state index in [4.69, 9.17) is 0 Å². The van der Waals surface area contributed by atoms with Crippen molar-refractivity contribution in [3.8, 4) is 0 Å². The molecule has 0 unspecified atom stereocenters. The standard InChI is InChI=1S/C12H30GeN2.H/c1-12(13,8-6-10-14(2)3)9-7-11-15(4)5;/h6-11H2,1-5,13H3;/q;-1. The Hall–Kier alpha value is 0.463. The predicted molar refractivity (Wildman–Crippen MR) is 75.0 cm³/mol. The first kappa shape index (κ1) is 15.5. The summed E-state index contributed by atoms with van der Waals surface area (Å²) in [5.41, 5.74) is 0. The van der Waals surface area contributed by atoms with Crippen molar-refractivity contribution in [2.75, 3.05) is 41.3 Å². The molecule has 0 heterocycles. The Morgan fingerprint density at radius 1 is 0.933 bits per heavy atom. The second-order valence-electron chi connectivity index (χ2n) is 5.98. The van der Waals surface area contributed by atoms with E-state index in [0.717, 1.165) is 16.5 Å². The summed E-state index contributed by atoms with van der Waals surface area (Å²) in [5, 5.41) is 0. The van der Waals surface area contributed by atoms with Crippen LogP contribution in [-0.4, -0.2) is 67.6 Å². The van der Waals surface area contributed by atoms with Crippen LogP contribution in [0.3, 0.4) is 0 Å². The monoisotopic (exact) mass is 277 g/mol. The molecule has 0 aromatic carbocycles. The third kappa shape index (κ3) is 10.7. The Morgan fingerprint density at radius 3 is 1.53 bits per heavy atom. The van der Waals surface area contributed by atoms with E-state index in [2.05, 4.69) is 44.9 Å². The van der Waals surface area contributed by atoms with Gasteiger partial charge in [0, 0.05) is 0 Å². The van der Waals surface area contributed by atoms with E-state index in [9.17, 15) is 0 Å². The molecular weight excluding hydrogens is 245 g/mol. The molecule has 0 radical (unpaired) electrons. The molecule has 0 atom stereocenters. The van der Waals surface area contributed by atoms with Crippen molar-refractivity contribution >= 4 is 16.5 Å². The minimum atomic E-state index is 0. The van der Waals surface area contributed by atoms with Crippen LogP contribution in [0.5, 0.6) is 0 Å². The first-order valence-corrected chi connectivity index (χ1v) is 8.23. The zero-order valence-corrected chi connectivity index (χ0v) is 15.8. The van der Waals surface area contributed by atoms with E-state index in [1.54, 1.807) is 0 Å². The number of nitrogens with zero attached hydrogens (tertiary/aromatic N) is 2. The molecule has 0 aliphatic rings. The first-order valence-electron chi connectivity index (χ1n) is 6.13. The zero-order valence-electron chi connectivity index (χ0n) is 12.6. The van der Waals surface area contributed by atoms with Gasteiger partial charge in [0.15, 0.2) is 0 Å². The fourth-order valence-electron chi connectivity index (χ4n) is 1.87. The summed E-state index contributed by atoms with van der Waals surface area (Å²) in [5.74, 6) is 0. The first-order chi connectivity index (χ1) is 6.83. The van der Waals surface area contributed by atoms with Crippen molar-refractivity contribution in [1.29, 1.82) is 0 Å². The maximum absolute atomic E-state index is 2.48. The smallest absolute Gasteiger partial charge is 1.00 e. The number of hydrogen-bond donors (Lipinski definition) is 0. The van der Waals surface area contributed by atoms with Gasteiger partial charge >= 0.3 is 104 Å². The molecule has 0 spiro atoms. The Balaban J connectivity index is 0. The molecule has 0 rings (SSSR count). The summed E-state index contributed by atoms with van der Waals surface area (Å²) < 4.78 is 0.707. The Bertz CT molecular complexity index is 145. The zero-order chi connectivity index (χ0) is 11.9. The molecule has 0 saturated carbocycles. The van der Waals surface area contributed by atoms with Gasteiger partial charge in [-0.3, -0.25) is 0 Å². The van der Waals surface area contributed by atoms with E-state index >= 15 is 0 Å². The quantitative estimate of drug-likeness (QED) is 0.617. The summed E-state index contributed by atoms with van der Waals surface area (Å²) >= 11 is 0.957. The van der Waals surface area contributed by atoms with Gasteiger partial charge in [0.1, 0.15) is 0 Å². The Morgan fingerprint density at radius 2 is 1.27 bits per heavy atom. The average Bonchev–Trinajstić information content (AvgIpc) is 2.01. The van der Waals surface area contributed by atoms with Gasteiger partial charge in [-0.2, -0.15) is 0 Å². The van der Waals surface area contributed by atoms with Gasteiger partial charge < -0.3 is 1.43 Å². The van der Waals surface area contributed by atoms with Crippen LogP contribution in [0.2, 0.25) is 4.25 Å². The van der Waals surface area contributed by atoms with Crippen molar-refractivity contribution in [1.82, 2.24) is 9.80 Å². The molecule has 0 aromatic rings. The molecule has 0 aliphatic carbocycles. The largest absolute Gasteiger partial charge is 1.00 e. The number of hydrogen-bond acceptors (Lipinski definition) is 2. The van der Waals surface area contributed by atoms with E-state index in [0.29, 0.717) is 4.25 Å². The molecule has 0 aliphatic heterocycles. The number of rotatable bonds is 8. The topological polar surface area (TPSA) is 6.48 Å². The average molecular weight is 276 g/mol. The van der Waals surface area contributed by atoms with Crippen molar-refractivity contribution in [2.24, 2.45) is 0 Å². The van der Waals surface area contributed by atoms with Crippen LogP contribution < -0.4 is 0 Å². The van der Waals surface area contributed by atoms with Gasteiger partial charge in [-0.15, -0.1) is 0 Å².